The number of benzene rings is 2. The van der Waals surface area contributed by atoms with Crippen molar-refractivity contribution in [1.82, 2.24) is 0 Å². The fraction of sp³-hybridized carbons (Fsp3) is 0.176. The number of halogens is 1. The van der Waals surface area contributed by atoms with E-state index in [4.69, 9.17) is 16.3 Å². The Labute approximate surface area is 139 Å². The zero-order valence-electron chi connectivity index (χ0n) is 12.9. The van der Waals surface area contributed by atoms with Gasteiger partial charge in [-0.1, -0.05) is 23.7 Å². The number of anilines is 2. The molecule has 0 aliphatic heterocycles. The molecule has 0 fully saturated rings. The number of amides is 1. The van der Waals surface area contributed by atoms with Gasteiger partial charge in [0.25, 0.3) is 5.91 Å². The van der Waals surface area contributed by atoms with Gasteiger partial charge in [0.15, 0.2) is 6.61 Å². The summed E-state index contributed by atoms with van der Waals surface area (Å²) < 4.78 is 4.96. The van der Waals surface area contributed by atoms with Crippen LogP contribution in [0.5, 0.6) is 0 Å². The highest BCUT2D eigenvalue weighted by Crippen LogP contribution is 2.17. The number of hydrogen-bond donors (Lipinski definition) is 1. The number of esters is 1. The van der Waals surface area contributed by atoms with Crippen LogP contribution in [0.25, 0.3) is 0 Å². The first-order chi connectivity index (χ1) is 11.0. The zero-order valence-corrected chi connectivity index (χ0v) is 13.6. The number of nitrogens with one attached hydrogen (secondary N) is 1. The molecule has 1 amide bonds. The molecule has 0 bridgehead atoms. The number of nitrogens with zero attached hydrogens (tertiary/aromatic N) is 1. The van der Waals surface area contributed by atoms with E-state index in [1.165, 1.54) is 0 Å². The van der Waals surface area contributed by atoms with E-state index in [1.807, 2.05) is 31.1 Å². The van der Waals surface area contributed by atoms with Crippen molar-refractivity contribution in [3.63, 3.8) is 0 Å². The topological polar surface area (TPSA) is 58.6 Å². The van der Waals surface area contributed by atoms with Crippen LogP contribution in [0.1, 0.15) is 10.4 Å². The molecule has 0 spiro atoms. The average molecular weight is 333 g/mol. The highest BCUT2D eigenvalue weighted by molar-refractivity contribution is 6.33. The molecule has 0 aromatic heterocycles. The maximum Gasteiger partial charge on any atom is 0.340 e. The van der Waals surface area contributed by atoms with E-state index < -0.39 is 11.9 Å². The third kappa shape index (κ3) is 4.72. The van der Waals surface area contributed by atoms with Crippen molar-refractivity contribution < 1.29 is 14.3 Å². The van der Waals surface area contributed by atoms with Crippen LogP contribution in [0.3, 0.4) is 0 Å². The van der Waals surface area contributed by atoms with Gasteiger partial charge >= 0.3 is 5.97 Å². The van der Waals surface area contributed by atoms with Crippen LogP contribution in [-0.2, 0) is 9.53 Å². The number of carbonyl (C=O) groups is 2. The average Bonchev–Trinajstić information content (AvgIpc) is 2.53. The highest BCUT2D eigenvalue weighted by atomic mass is 35.5. The van der Waals surface area contributed by atoms with Crippen LogP contribution in [0.4, 0.5) is 11.4 Å². The molecule has 0 radical (unpaired) electrons. The van der Waals surface area contributed by atoms with Crippen molar-refractivity contribution in [3.8, 4) is 0 Å². The quantitative estimate of drug-likeness (QED) is 0.854. The fourth-order valence-electron chi connectivity index (χ4n) is 1.88. The van der Waals surface area contributed by atoms with E-state index in [1.54, 1.807) is 36.4 Å². The Bertz CT molecular complexity index is 699. The maximum atomic E-state index is 11.8. The molecular weight excluding hydrogens is 316 g/mol. The Morgan fingerprint density at radius 2 is 1.74 bits per heavy atom. The molecule has 0 unspecified atom stereocenters. The monoisotopic (exact) mass is 332 g/mol. The first-order valence-electron chi connectivity index (χ1n) is 6.96. The molecule has 0 heterocycles. The van der Waals surface area contributed by atoms with Crippen molar-refractivity contribution in [2.24, 2.45) is 0 Å². The number of rotatable bonds is 5. The summed E-state index contributed by atoms with van der Waals surface area (Å²) in [6.45, 7) is -0.376. The Morgan fingerprint density at radius 3 is 2.35 bits per heavy atom. The first kappa shape index (κ1) is 16.8. The molecule has 0 saturated carbocycles. The number of ether oxygens (including phenoxy) is 1. The molecule has 5 nitrogen and oxygen atoms in total. The zero-order chi connectivity index (χ0) is 16.8. The van der Waals surface area contributed by atoms with Crippen molar-refractivity contribution in [2.45, 2.75) is 0 Å². The summed E-state index contributed by atoms with van der Waals surface area (Å²) >= 11 is 5.90. The van der Waals surface area contributed by atoms with Crippen molar-refractivity contribution in [1.29, 1.82) is 0 Å². The molecule has 2 aromatic rings. The largest absolute Gasteiger partial charge is 0.452 e. The molecule has 2 rings (SSSR count). The summed E-state index contributed by atoms with van der Waals surface area (Å²) in [4.78, 5) is 25.6. The molecule has 0 atom stereocenters. The van der Waals surface area contributed by atoms with Gasteiger partial charge in [0.2, 0.25) is 0 Å². The van der Waals surface area contributed by atoms with Crippen molar-refractivity contribution in [2.75, 3.05) is 30.9 Å². The van der Waals surface area contributed by atoms with Gasteiger partial charge < -0.3 is 15.0 Å². The first-order valence-corrected chi connectivity index (χ1v) is 7.34. The van der Waals surface area contributed by atoms with E-state index in [9.17, 15) is 9.59 Å². The van der Waals surface area contributed by atoms with Crippen LogP contribution >= 0.6 is 11.6 Å². The third-order valence-electron chi connectivity index (χ3n) is 3.10. The van der Waals surface area contributed by atoms with E-state index in [2.05, 4.69) is 5.32 Å². The van der Waals surface area contributed by atoms with Gasteiger partial charge in [-0.3, -0.25) is 4.79 Å². The Kier molecular flexibility index (Phi) is 5.60. The molecule has 120 valence electrons. The summed E-state index contributed by atoms with van der Waals surface area (Å²) in [6, 6.07) is 13.8. The summed E-state index contributed by atoms with van der Waals surface area (Å²) in [7, 11) is 3.86. The highest BCUT2D eigenvalue weighted by Gasteiger charge is 2.13. The van der Waals surface area contributed by atoms with E-state index >= 15 is 0 Å². The molecular formula is C17H17ClN2O3. The number of hydrogen-bond acceptors (Lipinski definition) is 4. The van der Waals surface area contributed by atoms with Crippen LogP contribution in [0.15, 0.2) is 48.5 Å². The Morgan fingerprint density at radius 1 is 1.09 bits per heavy atom. The van der Waals surface area contributed by atoms with Crippen LogP contribution in [-0.4, -0.2) is 32.6 Å². The summed E-state index contributed by atoms with van der Waals surface area (Å²) in [6.07, 6.45) is 0. The normalized spacial score (nSPS) is 10.0. The SMILES string of the molecule is CN(C)c1ccc(NC(=O)COC(=O)c2ccccc2Cl)cc1. The second kappa shape index (κ2) is 7.65. The van der Waals surface area contributed by atoms with Gasteiger partial charge in [-0.2, -0.15) is 0 Å². The third-order valence-corrected chi connectivity index (χ3v) is 3.43. The summed E-state index contributed by atoms with van der Waals surface area (Å²) in [5, 5.41) is 2.95. The minimum Gasteiger partial charge on any atom is -0.452 e. The minimum absolute atomic E-state index is 0.234. The fourth-order valence-corrected chi connectivity index (χ4v) is 2.09. The van der Waals surface area contributed by atoms with Crippen LogP contribution in [0.2, 0.25) is 5.02 Å². The lowest BCUT2D eigenvalue weighted by Crippen LogP contribution is -2.21. The molecule has 2 aromatic carbocycles. The predicted molar refractivity (Wildman–Crippen MR) is 91.1 cm³/mol. The standard InChI is InChI=1S/C17H17ClN2O3/c1-20(2)13-9-7-12(8-10-13)19-16(21)11-23-17(22)14-5-3-4-6-15(14)18/h3-10H,11H2,1-2H3,(H,19,21). The lowest BCUT2D eigenvalue weighted by atomic mass is 10.2. The lowest BCUT2D eigenvalue weighted by molar-refractivity contribution is -0.119. The summed E-state index contributed by atoms with van der Waals surface area (Å²) in [5.41, 5.74) is 1.89. The second-order valence-electron chi connectivity index (χ2n) is 5.05. The van der Waals surface area contributed by atoms with Gasteiger partial charge in [-0.25, -0.2) is 4.79 Å². The van der Waals surface area contributed by atoms with Gasteiger partial charge in [-0.15, -0.1) is 0 Å². The second-order valence-corrected chi connectivity index (χ2v) is 5.45. The Hall–Kier alpha value is -2.53. The number of carbonyl (C=O) groups excluding carboxylic acids is 2. The molecule has 23 heavy (non-hydrogen) atoms. The van der Waals surface area contributed by atoms with Crippen molar-refractivity contribution in [3.05, 3.63) is 59.1 Å². The lowest BCUT2D eigenvalue weighted by Gasteiger charge is -2.13. The van der Waals surface area contributed by atoms with E-state index in [0.29, 0.717) is 5.69 Å². The van der Waals surface area contributed by atoms with Crippen molar-refractivity contribution >= 4 is 34.9 Å². The van der Waals surface area contributed by atoms with E-state index in [0.717, 1.165) is 5.69 Å². The minimum atomic E-state index is -0.631. The van der Waals surface area contributed by atoms with Gasteiger partial charge in [0.05, 0.1) is 10.6 Å². The van der Waals surface area contributed by atoms with Gasteiger partial charge in [0.1, 0.15) is 0 Å². The molecule has 0 saturated heterocycles. The molecule has 1 N–H and O–H groups in total. The smallest absolute Gasteiger partial charge is 0.340 e. The van der Waals surface area contributed by atoms with E-state index in [-0.39, 0.29) is 17.2 Å². The summed E-state index contributed by atoms with van der Waals surface area (Å²) in [5.74, 6) is -1.04. The maximum absolute atomic E-state index is 11.8. The van der Waals surface area contributed by atoms with Crippen LogP contribution in [0, 0.1) is 0 Å². The molecule has 0 aliphatic rings. The Balaban J connectivity index is 1.88. The van der Waals surface area contributed by atoms with Gasteiger partial charge in [0, 0.05) is 25.5 Å². The van der Waals surface area contributed by atoms with Crippen LogP contribution < -0.4 is 10.2 Å². The van der Waals surface area contributed by atoms with Gasteiger partial charge in [-0.05, 0) is 36.4 Å². The molecule has 0 aliphatic carbocycles. The molecule has 6 heteroatoms. The predicted octanol–water partition coefficient (Wildman–Crippen LogP) is 3.20.